The van der Waals surface area contributed by atoms with Crippen molar-refractivity contribution in [3.63, 3.8) is 0 Å². The van der Waals surface area contributed by atoms with Gasteiger partial charge in [-0.15, -0.1) is 0 Å². The Morgan fingerprint density at radius 3 is 2.59 bits per heavy atom. The van der Waals surface area contributed by atoms with Crippen LogP contribution in [0.3, 0.4) is 0 Å². The second-order valence-electron chi connectivity index (χ2n) is 6.07. The topological polar surface area (TPSA) is 46.9 Å². The van der Waals surface area contributed by atoms with E-state index in [0.29, 0.717) is 18.2 Å². The van der Waals surface area contributed by atoms with E-state index in [1.807, 2.05) is 29.1 Å². The summed E-state index contributed by atoms with van der Waals surface area (Å²) in [5.74, 6) is 0.00575. The summed E-state index contributed by atoms with van der Waals surface area (Å²) in [6, 6.07) is 10.5. The van der Waals surface area contributed by atoms with Gasteiger partial charge in [-0.1, -0.05) is 56.0 Å². The first-order valence-corrected chi connectivity index (χ1v) is 8.18. The van der Waals surface area contributed by atoms with E-state index in [0.717, 1.165) is 12.8 Å². The van der Waals surface area contributed by atoms with Crippen molar-refractivity contribution in [2.45, 2.75) is 51.1 Å². The molecule has 0 aliphatic heterocycles. The molecule has 0 unspecified atom stereocenters. The van der Waals surface area contributed by atoms with Crippen molar-refractivity contribution in [1.82, 2.24) is 15.1 Å². The molecule has 1 aliphatic rings. The van der Waals surface area contributed by atoms with E-state index in [4.69, 9.17) is 0 Å². The van der Waals surface area contributed by atoms with Crippen molar-refractivity contribution in [2.24, 2.45) is 0 Å². The molecule has 0 spiro atoms. The average molecular weight is 297 g/mol. The van der Waals surface area contributed by atoms with Crippen LogP contribution in [0.1, 0.15) is 54.4 Å². The van der Waals surface area contributed by atoms with Crippen LogP contribution in [-0.2, 0) is 6.54 Å². The largest absolute Gasteiger partial charge is 0.349 e. The predicted octanol–water partition coefficient (Wildman–Crippen LogP) is 3.38. The minimum absolute atomic E-state index is 0.00575. The Morgan fingerprint density at radius 1 is 1.14 bits per heavy atom. The molecular formula is C18H23N3O. The number of hydrogen-bond donors (Lipinski definition) is 1. The molecular weight excluding hydrogens is 274 g/mol. The van der Waals surface area contributed by atoms with Crippen LogP contribution in [0.5, 0.6) is 0 Å². The summed E-state index contributed by atoms with van der Waals surface area (Å²) in [6.07, 6.45) is 10.7. The van der Waals surface area contributed by atoms with Crippen molar-refractivity contribution in [2.75, 3.05) is 0 Å². The molecule has 2 aromatic rings. The Labute approximate surface area is 131 Å². The fourth-order valence-corrected chi connectivity index (χ4v) is 3.03. The van der Waals surface area contributed by atoms with Gasteiger partial charge in [-0.2, -0.15) is 5.10 Å². The zero-order valence-electron chi connectivity index (χ0n) is 12.9. The number of hydrogen-bond acceptors (Lipinski definition) is 2. The third kappa shape index (κ3) is 3.97. The lowest BCUT2D eigenvalue weighted by Gasteiger charge is -2.15. The molecule has 1 aromatic carbocycles. The van der Waals surface area contributed by atoms with Crippen molar-refractivity contribution in [3.8, 4) is 0 Å². The van der Waals surface area contributed by atoms with Gasteiger partial charge in [0.2, 0.25) is 0 Å². The van der Waals surface area contributed by atoms with Crippen LogP contribution < -0.4 is 5.32 Å². The minimum Gasteiger partial charge on any atom is -0.349 e. The van der Waals surface area contributed by atoms with Crippen LogP contribution in [0, 0.1) is 0 Å². The predicted molar refractivity (Wildman–Crippen MR) is 86.7 cm³/mol. The molecule has 1 heterocycles. The van der Waals surface area contributed by atoms with Gasteiger partial charge >= 0.3 is 0 Å². The first-order valence-electron chi connectivity index (χ1n) is 8.18. The fourth-order valence-electron chi connectivity index (χ4n) is 3.03. The number of amides is 1. The monoisotopic (exact) mass is 297 g/mol. The standard InChI is InChI=1S/C18H23N3O/c22-18(20-17-10-6-1-2-7-11-17)16-12-19-21(14-16)13-15-8-4-3-5-9-15/h3-5,8-9,12,14,17H,1-2,6-7,10-11,13H2,(H,20,22). The zero-order valence-corrected chi connectivity index (χ0v) is 12.9. The summed E-state index contributed by atoms with van der Waals surface area (Å²) in [6.45, 7) is 0.692. The van der Waals surface area contributed by atoms with Gasteiger partial charge < -0.3 is 5.32 Å². The van der Waals surface area contributed by atoms with Crippen LogP contribution in [0.4, 0.5) is 0 Å². The molecule has 1 aliphatic carbocycles. The van der Waals surface area contributed by atoms with E-state index in [1.165, 1.54) is 31.2 Å². The number of carbonyl (C=O) groups is 1. The van der Waals surface area contributed by atoms with Crippen LogP contribution in [0.2, 0.25) is 0 Å². The zero-order chi connectivity index (χ0) is 15.2. The lowest BCUT2D eigenvalue weighted by atomic mass is 10.1. The third-order valence-corrected chi connectivity index (χ3v) is 4.27. The molecule has 0 radical (unpaired) electrons. The Balaban J connectivity index is 1.59. The summed E-state index contributed by atoms with van der Waals surface area (Å²) in [5, 5.41) is 7.46. The number of rotatable bonds is 4. The van der Waals surface area contributed by atoms with E-state index in [-0.39, 0.29) is 5.91 Å². The fraction of sp³-hybridized carbons (Fsp3) is 0.444. The maximum absolute atomic E-state index is 12.3. The number of carbonyl (C=O) groups excluding carboxylic acids is 1. The normalized spacial score (nSPS) is 16.2. The van der Waals surface area contributed by atoms with Crippen molar-refractivity contribution in [1.29, 1.82) is 0 Å². The number of benzene rings is 1. The number of aromatic nitrogens is 2. The van der Waals surface area contributed by atoms with Crippen LogP contribution in [0.25, 0.3) is 0 Å². The van der Waals surface area contributed by atoms with Crippen molar-refractivity contribution >= 4 is 5.91 Å². The SMILES string of the molecule is O=C(NC1CCCCCC1)c1cnn(Cc2ccccc2)c1. The molecule has 1 aromatic heterocycles. The molecule has 3 rings (SSSR count). The molecule has 4 nitrogen and oxygen atoms in total. The Hall–Kier alpha value is -2.10. The maximum atomic E-state index is 12.3. The van der Waals surface area contributed by atoms with Crippen molar-refractivity contribution < 1.29 is 4.79 Å². The number of nitrogens with zero attached hydrogens (tertiary/aromatic N) is 2. The summed E-state index contributed by atoms with van der Waals surface area (Å²) in [5.41, 5.74) is 1.83. The molecule has 1 fully saturated rings. The summed E-state index contributed by atoms with van der Waals surface area (Å²) in [7, 11) is 0. The van der Waals surface area contributed by atoms with E-state index in [9.17, 15) is 4.79 Å². The summed E-state index contributed by atoms with van der Waals surface area (Å²) >= 11 is 0. The quantitative estimate of drug-likeness (QED) is 0.879. The van der Waals surface area contributed by atoms with Gasteiger partial charge in [-0.25, -0.2) is 0 Å². The van der Waals surface area contributed by atoms with Gasteiger partial charge in [-0.05, 0) is 18.4 Å². The smallest absolute Gasteiger partial charge is 0.254 e. The van der Waals surface area contributed by atoms with Gasteiger partial charge in [0, 0.05) is 12.2 Å². The molecule has 0 atom stereocenters. The number of nitrogens with one attached hydrogen (secondary N) is 1. The highest BCUT2D eigenvalue weighted by atomic mass is 16.1. The van der Waals surface area contributed by atoms with Gasteiger partial charge in [-0.3, -0.25) is 9.48 Å². The highest BCUT2D eigenvalue weighted by Gasteiger charge is 2.16. The van der Waals surface area contributed by atoms with Crippen LogP contribution in [0.15, 0.2) is 42.7 Å². The van der Waals surface area contributed by atoms with E-state index in [1.54, 1.807) is 6.20 Å². The molecule has 0 saturated heterocycles. The second kappa shape index (κ2) is 7.25. The molecule has 0 bridgehead atoms. The first-order chi connectivity index (χ1) is 10.8. The summed E-state index contributed by atoms with van der Waals surface area (Å²) < 4.78 is 1.82. The first kappa shape index (κ1) is 14.8. The van der Waals surface area contributed by atoms with Gasteiger partial charge in [0.15, 0.2) is 0 Å². The minimum atomic E-state index is 0.00575. The molecule has 1 amide bonds. The molecule has 4 heteroatoms. The van der Waals surface area contributed by atoms with Gasteiger partial charge in [0.1, 0.15) is 0 Å². The van der Waals surface area contributed by atoms with E-state index in [2.05, 4.69) is 22.5 Å². The highest BCUT2D eigenvalue weighted by Crippen LogP contribution is 2.17. The summed E-state index contributed by atoms with van der Waals surface area (Å²) in [4.78, 5) is 12.3. The molecule has 22 heavy (non-hydrogen) atoms. The Bertz CT molecular complexity index is 598. The van der Waals surface area contributed by atoms with Gasteiger partial charge in [0.25, 0.3) is 5.91 Å². The highest BCUT2D eigenvalue weighted by molar-refractivity contribution is 5.93. The second-order valence-corrected chi connectivity index (χ2v) is 6.07. The average Bonchev–Trinajstić information content (AvgIpc) is 2.85. The maximum Gasteiger partial charge on any atom is 0.254 e. The van der Waals surface area contributed by atoms with Crippen molar-refractivity contribution in [3.05, 3.63) is 53.9 Å². The lowest BCUT2D eigenvalue weighted by molar-refractivity contribution is 0.0933. The third-order valence-electron chi connectivity index (χ3n) is 4.27. The lowest BCUT2D eigenvalue weighted by Crippen LogP contribution is -2.34. The molecule has 1 saturated carbocycles. The Morgan fingerprint density at radius 2 is 1.86 bits per heavy atom. The van der Waals surface area contributed by atoms with Gasteiger partial charge in [0.05, 0.1) is 18.3 Å². The van der Waals surface area contributed by atoms with Crippen LogP contribution >= 0.6 is 0 Å². The van der Waals surface area contributed by atoms with E-state index >= 15 is 0 Å². The van der Waals surface area contributed by atoms with Crippen LogP contribution in [-0.4, -0.2) is 21.7 Å². The van der Waals surface area contributed by atoms with E-state index < -0.39 is 0 Å². The molecule has 1 N–H and O–H groups in total. The Kier molecular flexibility index (Phi) is 4.88. The molecule has 116 valence electrons.